The minimum absolute atomic E-state index is 0.0118. The van der Waals surface area contributed by atoms with Gasteiger partial charge in [-0.1, -0.05) is 18.2 Å². The van der Waals surface area contributed by atoms with Crippen LogP contribution in [0.5, 0.6) is 0 Å². The first-order valence-electron chi connectivity index (χ1n) is 5.98. The molecule has 1 rings (SSSR count). The largest absolute Gasteiger partial charge is 0.468 e. The molecular weight excluding hydrogens is 264 g/mol. The summed E-state index contributed by atoms with van der Waals surface area (Å²) in [4.78, 5) is 34.4. The van der Waals surface area contributed by atoms with E-state index >= 15 is 0 Å². The van der Waals surface area contributed by atoms with Gasteiger partial charge < -0.3 is 14.2 Å². The first kappa shape index (κ1) is 15.7. The van der Waals surface area contributed by atoms with Crippen molar-refractivity contribution in [3.8, 4) is 0 Å². The zero-order chi connectivity index (χ0) is 15.0. The Morgan fingerprint density at radius 3 is 2.05 bits per heavy atom. The van der Waals surface area contributed by atoms with E-state index in [0.717, 1.165) is 0 Å². The average molecular weight is 280 g/mol. The molecule has 6 nitrogen and oxygen atoms in total. The SMILES string of the molecule is COC(=O)C(CCOC(=O)c1ccccc1)C(=O)OC. The highest BCUT2D eigenvalue weighted by molar-refractivity contribution is 5.94. The summed E-state index contributed by atoms with van der Waals surface area (Å²) in [5.74, 6) is -3.03. The van der Waals surface area contributed by atoms with E-state index in [0.29, 0.717) is 5.56 Å². The molecule has 0 aromatic heterocycles. The van der Waals surface area contributed by atoms with Crippen LogP contribution in [0.4, 0.5) is 0 Å². The van der Waals surface area contributed by atoms with Crippen molar-refractivity contribution in [2.45, 2.75) is 6.42 Å². The minimum Gasteiger partial charge on any atom is -0.468 e. The predicted molar refractivity (Wildman–Crippen MR) is 68.9 cm³/mol. The lowest BCUT2D eigenvalue weighted by atomic mass is 10.1. The van der Waals surface area contributed by atoms with E-state index < -0.39 is 23.8 Å². The lowest BCUT2D eigenvalue weighted by Gasteiger charge is -2.12. The molecule has 0 atom stereocenters. The predicted octanol–water partition coefficient (Wildman–Crippen LogP) is 1.20. The number of hydrogen-bond donors (Lipinski definition) is 0. The second-order valence-corrected chi connectivity index (χ2v) is 3.89. The third-order valence-electron chi connectivity index (χ3n) is 2.62. The third-order valence-corrected chi connectivity index (χ3v) is 2.62. The number of methoxy groups -OCH3 is 2. The molecule has 1 aromatic rings. The average Bonchev–Trinajstić information content (AvgIpc) is 2.50. The highest BCUT2D eigenvalue weighted by Gasteiger charge is 2.28. The van der Waals surface area contributed by atoms with Gasteiger partial charge in [0.15, 0.2) is 5.92 Å². The van der Waals surface area contributed by atoms with Gasteiger partial charge in [0.25, 0.3) is 0 Å². The van der Waals surface area contributed by atoms with Crippen molar-refractivity contribution in [1.82, 2.24) is 0 Å². The Hall–Kier alpha value is -2.37. The Balaban J connectivity index is 2.50. The molecule has 0 unspecified atom stereocenters. The first-order chi connectivity index (χ1) is 9.60. The van der Waals surface area contributed by atoms with Crippen LogP contribution in [0.15, 0.2) is 30.3 Å². The quantitative estimate of drug-likeness (QED) is 0.442. The number of rotatable bonds is 6. The molecule has 0 amide bonds. The van der Waals surface area contributed by atoms with Crippen LogP contribution in [0.3, 0.4) is 0 Å². The molecule has 0 saturated carbocycles. The molecule has 0 radical (unpaired) electrons. The molecule has 0 aliphatic rings. The van der Waals surface area contributed by atoms with Crippen LogP contribution in [0.2, 0.25) is 0 Å². The summed E-state index contributed by atoms with van der Waals surface area (Å²) in [6.45, 7) is -0.0808. The first-order valence-corrected chi connectivity index (χ1v) is 5.98. The molecular formula is C14H16O6. The van der Waals surface area contributed by atoms with Crippen molar-refractivity contribution in [3.05, 3.63) is 35.9 Å². The summed E-state index contributed by atoms with van der Waals surface area (Å²) in [6.07, 6.45) is 0.0118. The molecule has 0 aliphatic carbocycles. The Morgan fingerprint density at radius 1 is 1.00 bits per heavy atom. The second kappa shape index (κ2) is 7.93. The molecule has 0 heterocycles. The van der Waals surface area contributed by atoms with Crippen LogP contribution < -0.4 is 0 Å². The van der Waals surface area contributed by atoms with Crippen LogP contribution in [-0.2, 0) is 23.8 Å². The van der Waals surface area contributed by atoms with Gasteiger partial charge in [0.2, 0.25) is 0 Å². The van der Waals surface area contributed by atoms with Gasteiger partial charge in [0.05, 0.1) is 26.4 Å². The smallest absolute Gasteiger partial charge is 0.338 e. The molecule has 20 heavy (non-hydrogen) atoms. The number of ether oxygens (including phenoxy) is 3. The monoisotopic (exact) mass is 280 g/mol. The van der Waals surface area contributed by atoms with Crippen LogP contribution in [0.1, 0.15) is 16.8 Å². The summed E-state index contributed by atoms with van der Waals surface area (Å²) in [6, 6.07) is 8.42. The maximum atomic E-state index is 11.7. The van der Waals surface area contributed by atoms with Gasteiger partial charge in [-0.3, -0.25) is 9.59 Å². The minimum atomic E-state index is -1.09. The fraction of sp³-hybridized carbons (Fsp3) is 0.357. The molecule has 108 valence electrons. The number of hydrogen-bond acceptors (Lipinski definition) is 6. The Labute approximate surface area is 116 Å². The van der Waals surface area contributed by atoms with Crippen molar-refractivity contribution < 1.29 is 28.6 Å². The molecule has 0 fully saturated rings. The van der Waals surface area contributed by atoms with Gasteiger partial charge in [-0.15, -0.1) is 0 Å². The lowest BCUT2D eigenvalue weighted by Crippen LogP contribution is -2.28. The zero-order valence-corrected chi connectivity index (χ0v) is 11.3. The molecule has 0 saturated heterocycles. The number of carbonyl (C=O) groups excluding carboxylic acids is 3. The summed E-state index contributed by atoms with van der Waals surface area (Å²) in [5, 5.41) is 0. The maximum Gasteiger partial charge on any atom is 0.338 e. The summed E-state index contributed by atoms with van der Waals surface area (Å²) < 4.78 is 14.0. The summed E-state index contributed by atoms with van der Waals surface area (Å²) in [5.41, 5.74) is 0.403. The van der Waals surface area contributed by atoms with Crippen LogP contribution >= 0.6 is 0 Å². The van der Waals surface area contributed by atoms with E-state index in [9.17, 15) is 14.4 Å². The lowest BCUT2D eigenvalue weighted by molar-refractivity contribution is -0.159. The summed E-state index contributed by atoms with van der Waals surface area (Å²) >= 11 is 0. The maximum absolute atomic E-state index is 11.7. The van der Waals surface area contributed by atoms with E-state index in [1.165, 1.54) is 14.2 Å². The van der Waals surface area contributed by atoms with Gasteiger partial charge >= 0.3 is 17.9 Å². The van der Waals surface area contributed by atoms with Crippen molar-refractivity contribution >= 4 is 17.9 Å². The Morgan fingerprint density at radius 2 is 1.55 bits per heavy atom. The van der Waals surface area contributed by atoms with Gasteiger partial charge in [-0.05, 0) is 12.1 Å². The van der Waals surface area contributed by atoms with E-state index in [1.54, 1.807) is 30.3 Å². The highest BCUT2D eigenvalue weighted by Crippen LogP contribution is 2.09. The van der Waals surface area contributed by atoms with E-state index in [4.69, 9.17) is 4.74 Å². The van der Waals surface area contributed by atoms with E-state index in [1.807, 2.05) is 0 Å². The zero-order valence-electron chi connectivity index (χ0n) is 11.3. The van der Waals surface area contributed by atoms with Crippen LogP contribution in [-0.4, -0.2) is 38.7 Å². The fourth-order valence-corrected chi connectivity index (χ4v) is 1.54. The van der Waals surface area contributed by atoms with Crippen molar-refractivity contribution in [2.24, 2.45) is 5.92 Å². The van der Waals surface area contributed by atoms with Gasteiger partial charge in [-0.2, -0.15) is 0 Å². The molecule has 6 heteroatoms. The normalized spacial score (nSPS) is 9.95. The molecule has 0 N–H and O–H groups in total. The summed E-state index contributed by atoms with van der Waals surface area (Å²) in [7, 11) is 2.35. The topological polar surface area (TPSA) is 78.9 Å². The molecule has 0 bridgehead atoms. The van der Waals surface area contributed by atoms with E-state index in [2.05, 4.69) is 9.47 Å². The van der Waals surface area contributed by atoms with Crippen molar-refractivity contribution in [1.29, 1.82) is 0 Å². The van der Waals surface area contributed by atoms with Gasteiger partial charge in [0, 0.05) is 6.42 Å². The number of benzene rings is 1. The van der Waals surface area contributed by atoms with Crippen molar-refractivity contribution in [3.63, 3.8) is 0 Å². The van der Waals surface area contributed by atoms with Gasteiger partial charge in [-0.25, -0.2) is 4.79 Å². The highest BCUT2D eigenvalue weighted by atomic mass is 16.5. The van der Waals surface area contributed by atoms with Gasteiger partial charge in [0.1, 0.15) is 0 Å². The number of carbonyl (C=O) groups is 3. The Bertz CT molecular complexity index is 452. The fourth-order valence-electron chi connectivity index (χ4n) is 1.54. The van der Waals surface area contributed by atoms with Crippen LogP contribution in [0.25, 0.3) is 0 Å². The van der Waals surface area contributed by atoms with E-state index in [-0.39, 0.29) is 13.0 Å². The molecule has 0 spiro atoms. The molecule has 0 aliphatic heterocycles. The second-order valence-electron chi connectivity index (χ2n) is 3.89. The van der Waals surface area contributed by atoms with Crippen molar-refractivity contribution in [2.75, 3.05) is 20.8 Å². The van der Waals surface area contributed by atoms with Crippen LogP contribution in [0, 0.1) is 5.92 Å². The molecule has 1 aromatic carbocycles. The Kier molecular flexibility index (Phi) is 6.22. The third kappa shape index (κ3) is 4.38. The number of esters is 3. The standard InChI is InChI=1S/C14H16O6/c1-18-13(16)11(14(17)19-2)8-9-20-12(15)10-6-4-3-5-7-10/h3-7,11H,8-9H2,1-2H3.